The highest BCUT2D eigenvalue weighted by Crippen LogP contribution is 2.30. The number of rotatable bonds is 2. The molecule has 5 nitrogen and oxygen atoms in total. The maximum absolute atomic E-state index is 12.6. The fourth-order valence-corrected chi connectivity index (χ4v) is 1.40. The molecule has 0 spiro atoms. The molecule has 0 saturated heterocycles. The van der Waals surface area contributed by atoms with E-state index in [-0.39, 0.29) is 11.4 Å². The van der Waals surface area contributed by atoms with Gasteiger partial charge in [-0.15, -0.1) is 0 Å². The van der Waals surface area contributed by atoms with Crippen LogP contribution in [0.4, 0.5) is 18.9 Å². The molecule has 1 aromatic heterocycles. The molecule has 1 heterocycles. The molecule has 0 atom stereocenters. The molecule has 0 amide bonds. The lowest BCUT2D eigenvalue weighted by Gasteiger charge is -2.09. The van der Waals surface area contributed by atoms with Crippen LogP contribution in [0.2, 0.25) is 0 Å². The minimum atomic E-state index is -4.62. The zero-order chi connectivity index (χ0) is 13.3. The summed E-state index contributed by atoms with van der Waals surface area (Å²) in [5, 5.41) is 14.0. The second-order valence-electron chi connectivity index (χ2n) is 3.32. The smallest absolute Gasteiger partial charge is 0.258 e. The number of alkyl halides is 3. The Hall–Kier alpha value is -2.38. The third kappa shape index (κ3) is 2.17. The second-order valence-corrected chi connectivity index (χ2v) is 3.32. The Kier molecular flexibility index (Phi) is 2.77. The molecule has 2 aromatic rings. The summed E-state index contributed by atoms with van der Waals surface area (Å²) in [7, 11) is 0. The van der Waals surface area contributed by atoms with Gasteiger partial charge < -0.3 is 0 Å². The van der Waals surface area contributed by atoms with Crippen molar-refractivity contribution in [2.75, 3.05) is 0 Å². The Morgan fingerprint density at radius 1 is 1.39 bits per heavy atom. The second kappa shape index (κ2) is 4.13. The summed E-state index contributed by atoms with van der Waals surface area (Å²) in [6, 6.07) is 6.73. The zero-order valence-electron chi connectivity index (χ0n) is 8.68. The van der Waals surface area contributed by atoms with Crippen molar-refractivity contribution in [1.29, 1.82) is 0 Å². The van der Waals surface area contributed by atoms with E-state index >= 15 is 0 Å². The lowest BCUT2D eigenvalue weighted by Crippen LogP contribution is -2.13. The highest BCUT2D eigenvalue weighted by Gasteiger charge is 2.35. The molecule has 1 aromatic carbocycles. The average Bonchev–Trinajstić information content (AvgIpc) is 2.77. The minimum absolute atomic E-state index is 0.0437. The standard InChI is InChI=1S/C10H5F3N3O2/c11-10(12,13)9-4-5-14-15(9)7-2-1-3-8(6-7)16(17)18/h1-3,5-6H. The molecular formula is C10H5F3N3O2. The Labute approximate surface area is 98.6 Å². The van der Waals surface area contributed by atoms with Gasteiger partial charge in [-0.1, -0.05) is 6.07 Å². The van der Waals surface area contributed by atoms with Crippen LogP contribution in [-0.4, -0.2) is 14.7 Å². The van der Waals surface area contributed by atoms with Gasteiger partial charge in [0.1, 0.15) is 0 Å². The van der Waals surface area contributed by atoms with Crippen LogP contribution in [0.3, 0.4) is 0 Å². The minimum Gasteiger partial charge on any atom is -0.258 e. The van der Waals surface area contributed by atoms with Gasteiger partial charge in [-0.05, 0) is 6.07 Å². The Balaban J connectivity index is 2.53. The highest BCUT2D eigenvalue weighted by atomic mass is 19.4. The first-order chi connectivity index (χ1) is 8.39. The number of halogens is 3. The number of nitro benzene ring substituents is 1. The van der Waals surface area contributed by atoms with E-state index in [0.717, 1.165) is 12.3 Å². The summed E-state index contributed by atoms with van der Waals surface area (Å²) in [6.07, 6.45) is -3.76. The number of nitrogens with zero attached hydrogens (tertiary/aromatic N) is 3. The van der Waals surface area contributed by atoms with Gasteiger partial charge in [0.2, 0.25) is 0 Å². The van der Waals surface area contributed by atoms with Gasteiger partial charge >= 0.3 is 6.18 Å². The normalized spacial score (nSPS) is 11.5. The van der Waals surface area contributed by atoms with E-state index in [2.05, 4.69) is 5.10 Å². The molecule has 0 N–H and O–H groups in total. The molecule has 93 valence electrons. The van der Waals surface area contributed by atoms with Crippen molar-refractivity contribution in [3.63, 3.8) is 0 Å². The van der Waals surface area contributed by atoms with Crippen LogP contribution in [0.5, 0.6) is 0 Å². The first-order valence-corrected chi connectivity index (χ1v) is 4.67. The van der Waals surface area contributed by atoms with Crippen LogP contribution < -0.4 is 0 Å². The monoisotopic (exact) mass is 256 g/mol. The van der Waals surface area contributed by atoms with Gasteiger partial charge in [0.15, 0.2) is 5.69 Å². The molecule has 0 bridgehead atoms. The predicted octanol–water partition coefficient (Wildman–Crippen LogP) is 2.60. The van der Waals surface area contributed by atoms with Crippen LogP contribution in [-0.2, 0) is 6.18 Å². The van der Waals surface area contributed by atoms with E-state index in [1.165, 1.54) is 18.2 Å². The van der Waals surface area contributed by atoms with Crippen molar-refractivity contribution in [3.8, 4) is 5.69 Å². The Bertz CT molecular complexity index is 592. The topological polar surface area (TPSA) is 61.0 Å². The van der Waals surface area contributed by atoms with Crippen molar-refractivity contribution in [1.82, 2.24) is 9.78 Å². The van der Waals surface area contributed by atoms with E-state index in [9.17, 15) is 23.3 Å². The summed E-state index contributed by atoms with van der Waals surface area (Å²) in [4.78, 5) is 9.86. The average molecular weight is 256 g/mol. The first kappa shape index (κ1) is 12.1. The molecule has 1 radical (unpaired) electrons. The quantitative estimate of drug-likeness (QED) is 0.612. The van der Waals surface area contributed by atoms with E-state index in [1.807, 2.05) is 6.07 Å². The molecule has 2 rings (SSSR count). The molecule has 0 aliphatic heterocycles. The number of nitro groups is 1. The van der Waals surface area contributed by atoms with Gasteiger partial charge in [-0.3, -0.25) is 10.1 Å². The fraction of sp³-hybridized carbons (Fsp3) is 0.100. The summed E-state index contributed by atoms with van der Waals surface area (Å²) in [5.74, 6) is 0. The predicted molar refractivity (Wildman–Crippen MR) is 54.1 cm³/mol. The van der Waals surface area contributed by atoms with Crippen LogP contribution in [0, 0.1) is 16.2 Å². The lowest BCUT2D eigenvalue weighted by atomic mass is 10.2. The number of hydrogen-bond acceptors (Lipinski definition) is 3. The van der Waals surface area contributed by atoms with Crippen molar-refractivity contribution < 1.29 is 18.1 Å². The zero-order valence-corrected chi connectivity index (χ0v) is 8.68. The maximum atomic E-state index is 12.6. The highest BCUT2D eigenvalue weighted by molar-refractivity contribution is 5.43. The number of hydrogen-bond donors (Lipinski definition) is 0. The summed E-state index contributed by atoms with van der Waals surface area (Å²) in [6.45, 7) is 0. The summed E-state index contributed by atoms with van der Waals surface area (Å²) in [5.41, 5.74) is -1.46. The number of aromatic nitrogens is 2. The first-order valence-electron chi connectivity index (χ1n) is 4.67. The van der Waals surface area contributed by atoms with Crippen LogP contribution >= 0.6 is 0 Å². The molecule has 0 unspecified atom stereocenters. The lowest BCUT2D eigenvalue weighted by molar-refractivity contribution is -0.384. The molecule has 18 heavy (non-hydrogen) atoms. The van der Waals surface area contributed by atoms with Gasteiger partial charge in [0.25, 0.3) is 5.69 Å². The van der Waals surface area contributed by atoms with Crippen LogP contribution in [0.15, 0.2) is 30.5 Å². The molecule has 0 aliphatic rings. The van der Waals surface area contributed by atoms with Gasteiger partial charge in [-0.2, -0.15) is 18.3 Å². The Morgan fingerprint density at radius 2 is 2.11 bits per heavy atom. The van der Waals surface area contributed by atoms with E-state index < -0.39 is 16.8 Å². The van der Waals surface area contributed by atoms with Crippen LogP contribution in [0.1, 0.15) is 5.69 Å². The summed E-state index contributed by atoms with van der Waals surface area (Å²) < 4.78 is 38.4. The van der Waals surface area contributed by atoms with Crippen molar-refractivity contribution >= 4 is 5.69 Å². The molecule has 0 fully saturated rings. The van der Waals surface area contributed by atoms with E-state index in [4.69, 9.17) is 0 Å². The van der Waals surface area contributed by atoms with Gasteiger partial charge in [0.05, 0.1) is 16.8 Å². The molecule has 0 aliphatic carbocycles. The maximum Gasteiger partial charge on any atom is 0.434 e. The molecule has 0 saturated carbocycles. The van der Waals surface area contributed by atoms with Crippen LogP contribution in [0.25, 0.3) is 5.69 Å². The fourth-order valence-electron chi connectivity index (χ4n) is 1.40. The molecular weight excluding hydrogens is 251 g/mol. The molecule has 8 heteroatoms. The van der Waals surface area contributed by atoms with Gasteiger partial charge in [0, 0.05) is 18.2 Å². The number of benzene rings is 1. The van der Waals surface area contributed by atoms with Crippen molar-refractivity contribution in [3.05, 3.63) is 52.3 Å². The van der Waals surface area contributed by atoms with Crippen molar-refractivity contribution in [2.24, 2.45) is 0 Å². The number of non-ortho nitro benzene ring substituents is 1. The van der Waals surface area contributed by atoms with E-state index in [0.29, 0.717) is 4.68 Å². The Morgan fingerprint density at radius 3 is 2.72 bits per heavy atom. The SMILES string of the molecule is O=[N+]([O-])c1cccc(-n2nc[c]c2C(F)(F)F)c1. The third-order valence-electron chi connectivity index (χ3n) is 2.14. The van der Waals surface area contributed by atoms with Crippen molar-refractivity contribution in [2.45, 2.75) is 6.18 Å². The summed E-state index contributed by atoms with van der Waals surface area (Å²) >= 11 is 0. The van der Waals surface area contributed by atoms with Gasteiger partial charge in [-0.25, -0.2) is 4.68 Å². The largest absolute Gasteiger partial charge is 0.434 e. The van der Waals surface area contributed by atoms with E-state index in [1.54, 1.807) is 0 Å². The third-order valence-corrected chi connectivity index (χ3v) is 2.14.